The molecule has 1 aromatic heterocycles. The number of halogens is 1. The average Bonchev–Trinajstić information content (AvgIpc) is 3.23. The van der Waals surface area contributed by atoms with Gasteiger partial charge in [-0.05, 0) is 81.5 Å². The highest BCUT2D eigenvalue weighted by atomic mass is 19.1. The van der Waals surface area contributed by atoms with Crippen LogP contribution in [-0.2, 0) is 19.3 Å². The summed E-state index contributed by atoms with van der Waals surface area (Å²) in [5, 5.41) is 13.2. The summed E-state index contributed by atoms with van der Waals surface area (Å²) in [4.78, 5) is 18.3. The number of carbonyl (C=O) groups excluding carboxylic acids is 1. The molecule has 1 atom stereocenters. The Morgan fingerprint density at radius 2 is 2.18 bits per heavy atom. The fourth-order valence-electron chi connectivity index (χ4n) is 5.43. The van der Waals surface area contributed by atoms with Gasteiger partial charge in [0.05, 0.1) is 11.6 Å². The number of aromatic nitrogens is 1. The number of H-pyrrole nitrogens is 1. The number of rotatable bonds is 6. The first-order valence-electron chi connectivity index (χ1n) is 12.0. The van der Waals surface area contributed by atoms with Crippen LogP contribution in [0.2, 0.25) is 0 Å². The molecule has 176 valence electrons. The molecule has 0 fully saturated rings. The minimum Gasteiger partial charge on any atom is -0.489 e. The van der Waals surface area contributed by atoms with Crippen LogP contribution in [0, 0.1) is 17.1 Å². The van der Waals surface area contributed by atoms with Gasteiger partial charge in [0.25, 0.3) is 5.91 Å². The normalized spacial score (nSPS) is 17.3. The third-order valence-corrected chi connectivity index (χ3v) is 7.07. The number of carbonyl (C=O) groups is 1. The molecule has 2 aliphatic rings. The monoisotopic (exact) mass is 460 g/mol. The lowest BCUT2D eigenvalue weighted by molar-refractivity contribution is 0.0860. The summed E-state index contributed by atoms with van der Waals surface area (Å²) in [7, 11) is 0. The Balaban J connectivity index is 1.33. The molecule has 3 heterocycles. The number of hydrogen-bond acceptors (Lipinski definition) is 4. The van der Waals surface area contributed by atoms with E-state index in [2.05, 4.69) is 35.1 Å². The van der Waals surface area contributed by atoms with Crippen molar-refractivity contribution in [2.24, 2.45) is 0 Å². The summed E-state index contributed by atoms with van der Waals surface area (Å²) in [6.45, 7) is 6.12. The molecule has 3 aromatic rings. The summed E-state index contributed by atoms with van der Waals surface area (Å²) >= 11 is 0. The van der Waals surface area contributed by atoms with Gasteiger partial charge in [0, 0.05) is 46.9 Å². The van der Waals surface area contributed by atoms with Gasteiger partial charge in [-0.15, -0.1) is 0 Å². The average molecular weight is 461 g/mol. The molecule has 34 heavy (non-hydrogen) atoms. The van der Waals surface area contributed by atoms with Gasteiger partial charge in [0.2, 0.25) is 0 Å². The van der Waals surface area contributed by atoms with Crippen molar-refractivity contribution >= 4 is 16.8 Å². The molecule has 2 aliphatic heterocycles. The topological polar surface area (TPSA) is 81.2 Å². The lowest BCUT2D eigenvalue weighted by Gasteiger charge is -2.39. The number of aromatic amines is 1. The number of ether oxygens (including phenoxy) is 1. The Hall–Kier alpha value is -3.37. The van der Waals surface area contributed by atoms with Gasteiger partial charge in [-0.2, -0.15) is 5.26 Å². The van der Waals surface area contributed by atoms with Crippen LogP contribution >= 0.6 is 0 Å². The number of benzene rings is 2. The summed E-state index contributed by atoms with van der Waals surface area (Å²) in [6.07, 6.45) is 5.09. The van der Waals surface area contributed by atoms with E-state index < -0.39 is 0 Å². The molecule has 2 aromatic carbocycles. The second-order valence-corrected chi connectivity index (χ2v) is 9.50. The third kappa shape index (κ3) is 4.03. The SMILES string of the molecule is CC(C)N(CCCc1c[nH]c2ccc(C#N)cc12)C1COc2c(F)cc3c(c2C1)C(=O)NCC3. The molecule has 0 bridgehead atoms. The molecular formula is C27H29FN4O2. The number of aryl methyl sites for hydroxylation is 1. The number of amides is 1. The van der Waals surface area contributed by atoms with Crippen LogP contribution < -0.4 is 10.1 Å². The lowest BCUT2D eigenvalue weighted by Crippen LogP contribution is -2.48. The molecule has 1 unspecified atom stereocenters. The number of hydrogen-bond donors (Lipinski definition) is 2. The van der Waals surface area contributed by atoms with Gasteiger partial charge in [-0.1, -0.05) is 0 Å². The van der Waals surface area contributed by atoms with E-state index in [4.69, 9.17) is 4.74 Å². The molecule has 0 saturated carbocycles. The highest BCUT2D eigenvalue weighted by Crippen LogP contribution is 2.36. The van der Waals surface area contributed by atoms with Crippen molar-refractivity contribution in [3.05, 3.63) is 64.1 Å². The van der Waals surface area contributed by atoms with Crippen LogP contribution in [0.4, 0.5) is 4.39 Å². The van der Waals surface area contributed by atoms with Crippen molar-refractivity contribution in [3.63, 3.8) is 0 Å². The smallest absolute Gasteiger partial charge is 0.251 e. The molecule has 1 amide bonds. The molecule has 0 radical (unpaired) electrons. The minimum absolute atomic E-state index is 0.0706. The Morgan fingerprint density at radius 3 is 2.97 bits per heavy atom. The zero-order valence-corrected chi connectivity index (χ0v) is 19.6. The molecule has 0 saturated heterocycles. The summed E-state index contributed by atoms with van der Waals surface area (Å²) in [5.41, 5.74) is 4.98. The van der Waals surface area contributed by atoms with Crippen LogP contribution in [-0.4, -0.2) is 47.6 Å². The number of nitriles is 1. The molecule has 7 heteroatoms. The van der Waals surface area contributed by atoms with Crippen molar-refractivity contribution in [1.29, 1.82) is 5.26 Å². The van der Waals surface area contributed by atoms with Crippen molar-refractivity contribution < 1.29 is 13.9 Å². The van der Waals surface area contributed by atoms with E-state index in [0.717, 1.165) is 35.9 Å². The standard InChI is InChI=1S/C27H29FN4O2/c1-16(2)32(9-3-4-19-14-31-24-6-5-17(13-29)10-21(19)24)20-12-22-25-18(7-8-30-27(25)33)11-23(28)26(22)34-15-20/h5-6,10-11,14,16,20,31H,3-4,7-9,12,15H2,1-2H3,(H,30,33). The van der Waals surface area contributed by atoms with Crippen LogP contribution in [0.5, 0.6) is 5.75 Å². The van der Waals surface area contributed by atoms with E-state index in [-0.39, 0.29) is 29.6 Å². The fourth-order valence-corrected chi connectivity index (χ4v) is 5.43. The van der Waals surface area contributed by atoms with E-state index in [0.29, 0.717) is 42.7 Å². The molecule has 2 N–H and O–H groups in total. The first kappa shape index (κ1) is 22.4. The maximum atomic E-state index is 14.7. The zero-order valence-electron chi connectivity index (χ0n) is 19.6. The molecule has 5 rings (SSSR count). The molecule has 0 aliphatic carbocycles. The van der Waals surface area contributed by atoms with Gasteiger partial charge in [-0.3, -0.25) is 9.69 Å². The Kier molecular flexibility index (Phi) is 6.01. The van der Waals surface area contributed by atoms with Gasteiger partial charge < -0.3 is 15.0 Å². The van der Waals surface area contributed by atoms with Gasteiger partial charge in [0.15, 0.2) is 11.6 Å². The highest BCUT2D eigenvalue weighted by Gasteiger charge is 2.34. The number of nitrogens with one attached hydrogen (secondary N) is 2. The van der Waals surface area contributed by atoms with Gasteiger partial charge in [0.1, 0.15) is 6.61 Å². The maximum Gasteiger partial charge on any atom is 0.251 e. The Labute approximate surface area is 198 Å². The van der Waals surface area contributed by atoms with Crippen molar-refractivity contribution in [2.45, 2.75) is 51.6 Å². The third-order valence-electron chi connectivity index (χ3n) is 7.07. The predicted octanol–water partition coefficient (Wildman–Crippen LogP) is 4.11. The quantitative estimate of drug-likeness (QED) is 0.580. The second-order valence-electron chi connectivity index (χ2n) is 9.50. The minimum atomic E-state index is -0.367. The van der Waals surface area contributed by atoms with Crippen LogP contribution in [0.15, 0.2) is 30.5 Å². The van der Waals surface area contributed by atoms with E-state index in [1.54, 1.807) is 0 Å². The number of fused-ring (bicyclic) bond motifs is 4. The second kappa shape index (κ2) is 9.11. The Bertz CT molecular complexity index is 1290. The maximum absolute atomic E-state index is 14.7. The van der Waals surface area contributed by atoms with Crippen molar-refractivity contribution in [2.75, 3.05) is 19.7 Å². The van der Waals surface area contributed by atoms with E-state index in [1.165, 1.54) is 11.6 Å². The van der Waals surface area contributed by atoms with E-state index in [1.807, 2.05) is 24.4 Å². The summed E-state index contributed by atoms with van der Waals surface area (Å²) in [6, 6.07) is 9.74. The first-order valence-corrected chi connectivity index (χ1v) is 12.0. The Morgan fingerprint density at radius 1 is 1.32 bits per heavy atom. The number of nitrogens with zero attached hydrogens (tertiary/aromatic N) is 2. The molecule has 6 nitrogen and oxygen atoms in total. The highest BCUT2D eigenvalue weighted by molar-refractivity contribution is 5.99. The summed E-state index contributed by atoms with van der Waals surface area (Å²) < 4.78 is 20.6. The van der Waals surface area contributed by atoms with E-state index in [9.17, 15) is 14.4 Å². The lowest BCUT2D eigenvalue weighted by atomic mass is 9.89. The molecular weight excluding hydrogens is 431 g/mol. The van der Waals surface area contributed by atoms with Crippen LogP contribution in [0.1, 0.15) is 52.9 Å². The zero-order chi connectivity index (χ0) is 23.8. The predicted molar refractivity (Wildman–Crippen MR) is 129 cm³/mol. The van der Waals surface area contributed by atoms with Crippen LogP contribution in [0.25, 0.3) is 10.9 Å². The fraction of sp³-hybridized carbons (Fsp3) is 0.407. The van der Waals surface area contributed by atoms with Crippen molar-refractivity contribution in [3.8, 4) is 11.8 Å². The van der Waals surface area contributed by atoms with Crippen molar-refractivity contribution in [1.82, 2.24) is 15.2 Å². The summed E-state index contributed by atoms with van der Waals surface area (Å²) in [5.74, 6) is -0.258. The van der Waals surface area contributed by atoms with Gasteiger partial charge >= 0.3 is 0 Å². The van der Waals surface area contributed by atoms with Crippen LogP contribution in [0.3, 0.4) is 0 Å². The largest absolute Gasteiger partial charge is 0.489 e. The molecule has 0 spiro atoms. The van der Waals surface area contributed by atoms with Gasteiger partial charge in [-0.25, -0.2) is 4.39 Å². The first-order chi connectivity index (χ1) is 16.5. The van der Waals surface area contributed by atoms with E-state index >= 15 is 0 Å².